The summed E-state index contributed by atoms with van der Waals surface area (Å²) in [5, 5.41) is 6.08. The van der Waals surface area contributed by atoms with Crippen LogP contribution >= 0.6 is 12.2 Å². The SMILES string of the molecule is Cc1ccc(C)c(NC(=S)NC(=O)c2ccccc2OCCC(C)C)c1. The first-order valence-electron chi connectivity index (χ1n) is 8.78. The van der Waals surface area contributed by atoms with E-state index in [9.17, 15) is 4.79 Å². The molecule has 0 saturated heterocycles. The van der Waals surface area contributed by atoms with Crippen LogP contribution in [0.2, 0.25) is 0 Å². The molecule has 0 fully saturated rings. The van der Waals surface area contributed by atoms with Crippen molar-refractivity contribution in [2.24, 2.45) is 5.92 Å². The Balaban J connectivity index is 2.03. The molecule has 0 radical (unpaired) electrons. The smallest absolute Gasteiger partial charge is 0.261 e. The first-order chi connectivity index (χ1) is 12.4. The Labute approximate surface area is 161 Å². The number of anilines is 1. The summed E-state index contributed by atoms with van der Waals surface area (Å²) >= 11 is 5.30. The van der Waals surface area contributed by atoms with Crippen molar-refractivity contribution in [3.8, 4) is 5.75 Å². The van der Waals surface area contributed by atoms with Gasteiger partial charge in [-0.05, 0) is 67.7 Å². The first-order valence-corrected chi connectivity index (χ1v) is 9.19. The fourth-order valence-corrected chi connectivity index (χ4v) is 2.58. The second-order valence-electron chi connectivity index (χ2n) is 6.75. The van der Waals surface area contributed by atoms with Crippen molar-refractivity contribution < 1.29 is 9.53 Å². The molecule has 2 N–H and O–H groups in total. The lowest BCUT2D eigenvalue weighted by Crippen LogP contribution is -2.34. The van der Waals surface area contributed by atoms with E-state index in [0.29, 0.717) is 23.8 Å². The number of rotatable bonds is 6. The minimum Gasteiger partial charge on any atom is -0.493 e. The van der Waals surface area contributed by atoms with E-state index in [0.717, 1.165) is 23.2 Å². The highest BCUT2D eigenvalue weighted by atomic mass is 32.1. The van der Waals surface area contributed by atoms with E-state index in [2.05, 4.69) is 24.5 Å². The number of hydrogen-bond donors (Lipinski definition) is 2. The summed E-state index contributed by atoms with van der Waals surface area (Å²) < 4.78 is 5.78. The van der Waals surface area contributed by atoms with Crippen LogP contribution in [-0.2, 0) is 0 Å². The van der Waals surface area contributed by atoms with Crippen LogP contribution in [0.25, 0.3) is 0 Å². The van der Waals surface area contributed by atoms with Gasteiger partial charge in [0.25, 0.3) is 5.91 Å². The maximum absolute atomic E-state index is 12.6. The molecule has 138 valence electrons. The molecule has 0 aliphatic rings. The number of hydrogen-bond acceptors (Lipinski definition) is 3. The molecular formula is C21H26N2O2S. The summed E-state index contributed by atoms with van der Waals surface area (Å²) in [5.41, 5.74) is 3.54. The maximum atomic E-state index is 12.6. The molecule has 0 bridgehead atoms. The summed E-state index contributed by atoms with van der Waals surface area (Å²) in [5.74, 6) is 0.832. The topological polar surface area (TPSA) is 50.4 Å². The molecule has 1 amide bonds. The van der Waals surface area contributed by atoms with Crippen LogP contribution in [-0.4, -0.2) is 17.6 Å². The van der Waals surface area contributed by atoms with Crippen LogP contribution in [0.5, 0.6) is 5.75 Å². The quantitative estimate of drug-likeness (QED) is 0.713. The Morgan fingerprint density at radius 1 is 1.15 bits per heavy atom. The number of nitrogens with one attached hydrogen (secondary N) is 2. The van der Waals surface area contributed by atoms with Crippen molar-refractivity contribution in [1.29, 1.82) is 0 Å². The zero-order valence-corrected chi connectivity index (χ0v) is 16.6. The van der Waals surface area contributed by atoms with E-state index < -0.39 is 0 Å². The van der Waals surface area contributed by atoms with Crippen molar-refractivity contribution >= 4 is 28.9 Å². The van der Waals surface area contributed by atoms with Gasteiger partial charge in [0.1, 0.15) is 5.75 Å². The molecule has 0 heterocycles. The summed E-state index contributed by atoms with van der Waals surface area (Å²) in [6.07, 6.45) is 0.933. The number of ether oxygens (including phenoxy) is 1. The van der Waals surface area contributed by atoms with Gasteiger partial charge in [-0.2, -0.15) is 0 Å². The molecule has 0 saturated carbocycles. The van der Waals surface area contributed by atoms with Crippen LogP contribution in [0.1, 0.15) is 41.8 Å². The van der Waals surface area contributed by atoms with Gasteiger partial charge in [-0.1, -0.05) is 38.1 Å². The van der Waals surface area contributed by atoms with Crippen molar-refractivity contribution in [3.63, 3.8) is 0 Å². The summed E-state index contributed by atoms with van der Waals surface area (Å²) in [7, 11) is 0. The molecule has 0 atom stereocenters. The van der Waals surface area contributed by atoms with Gasteiger partial charge in [-0.25, -0.2) is 0 Å². The second kappa shape index (κ2) is 9.34. The van der Waals surface area contributed by atoms with Crippen LogP contribution in [0, 0.1) is 19.8 Å². The number of aryl methyl sites for hydroxylation is 2. The fraction of sp³-hybridized carbons (Fsp3) is 0.333. The third-order valence-electron chi connectivity index (χ3n) is 3.95. The van der Waals surface area contributed by atoms with Crippen molar-refractivity contribution in [3.05, 3.63) is 59.2 Å². The number of para-hydroxylation sites is 1. The third-order valence-corrected chi connectivity index (χ3v) is 4.16. The molecule has 4 nitrogen and oxygen atoms in total. The Hall–Kier alpha value is -2.40. The predicted molar refractivity (Wildman–Crippen MR) is 111 cm³/mol. The van der Waals surface area contributed by atoms with Gasteiger partial charge in [0.15, 0.2) is 5.11 Å². The van der Waals surface area contributed by atoms with E-state index in [-0.39, 0.29) is 11.0 Å². The van der Waals surface area contributed by atoms with Gasteiger partial charge >= 0.3 is 0 Å². The minimum atomic E-state index is -0.284. The Morgan fingerprint density at radius 3 is 2.62 bits per heavy atom. The van der Waals surface area contributed by atoms with E-state index in [1.165, 1.54) is 0 Å². The van der Waals surface area contributed by atoms with E-state index in [4.69, 9.17) is 17.0 Å². The molecule has 0 unspecified atom stereocenters. The van der Waals surface area contributed by atoms with Crippen LogP contribution < -0.4 is 15.4 Å². The van der Waals surface area contributed by atoms with Crippen LogP contribution in [0.3, 0.4) is 0 Å². The molecule has 0 spiro atoms. The summed E-state index contributed by atoms with van der Waals surface area (Å²) in [4.78, 5) is 12.6. The Bertz CT molecular complexity index is 787. The molecule has 2 rings (SSSR count). The predicted octanol–water partition coefficient (Wildman–Crippen LogP) is 4.86. The van der Waals surface area contributed by atoms with E-state index >= 15 is 0 Å². The van der Waals surface area contributed by atoms with Crippen molar-refractivity contribution in [1.82, 2.24) is 5.32 Å². The van der Waals surface area contributed by atoms with Crippen LogP contribution in [0.4, 0.5) is 5.69 Å². The fourth-order valence-electron chi connectivity index (χ4n) is 2.38. The van der Waals surface area contributed by atoms with Crippen molar-refractivity contribution in [2.75, 3.05) is 11.9 Å². The molecule has 26 heavy (non-hydrogen) atoms. The number of amides is 1. The molecular weight excluding hydrogens is 344 g/mol. The van der Waals surface area contributed by atoms with E-state index in [1.54, 1.807) is 12.1 Å². The molecule has 2 aromatic carbocycles. The summed E-state index contributed by atoms with van der Waals surface area (Å²) in [6.45, 7) is 8.85. The van der Waals surface area contributed by atoms with Gasteiger partial charge in [-0.15, -0.1) is 0 Å². The van der Waals surface area contributed by atoms with Gasteiger partial charge < -0.3 is 10.1 Å². The highest BCUT2D eigenvalue weighted by Gasteiger charge is 2.14. The number of carbonyl (C=O) groups is 1. The normalized spacial score (nSPS) is 10.5. The zero-order valence-electron chi connectivity index (χ0n) is 15.8. The van der Waals surface area contributed by atoms with Gasteiger partial charge in [0.05, 0.1) is 12.2 Å². The molecule has 2 aromatic rings. The van der Waals surface area contributed by atoms with Gasteiger partial charge in [0, 0.05) is 5.69 Å². The Kier molecular flexibility index (Phi) is 7.16. The highest BCUT2D eigenvalue weighted by molar-refractivity contribution is 7.80. The number of thiocarbonyl (C=S) groups is 1. The molecule has 0 aliphatic heterocycles. The largest absolute Gasteiger partial charge is 0.493 e. The lowest BCUT2D eigenvalue weighted by atomic mass is 10.1. The van der Waals surface area contributed by atoms with Gasteiger partial charge in [-0.3, -0.25) is 10.1 Å². The number of carbonyl (C=O) groups excluding carboxylic acids is 1. The second-order valence-corrected chi connectivity index (χ2v) is 7.16. The molecule has 0 aliphatic carbocycles. The van der Waals surface area contributed by atoms with Gasteiger partial charge in [0.2, 0.25) is 0 Å². The number of benzene rings is 2. The standard InChI is InChI=1S/C21H26N2O2S/c1-14(2)11-12-25-19-8-6-5-7-17(19)20(24)23-21(26)22-18-13-15(3)9-10-16(18)4/h5-10,13-14H,11-12H2,1-4H3,(H2,22,23,24,26). The first kappa shape index (κ1) is 19.9. The molecule has 0 aromatic heterocycles. The van der Waals surface area contributed by atoms with E-state index in [1.807, 2.05) is 44.2 Å². The summed E-state index contributed by atoms with van der Waals surface area (Å²) in [6, 6.07) is 13.3. The highest BCUT2D eigenvalue weighted by Crippen LogP contribution is 2.19. The minimum absolute atomic E-state index is 0.265. The van der Waals surface area contributed by atoms with Crippen LogP contribution in [0.15, 0.2) is 42.5 Å². The lowest BCUT2D eigenvalue weighted by Gasteiger charge is -2.14. The van der Waals surface area contributed by atoms with Crippen molar-refractivity contribution in [2.45, 2.75) is 34.1 Å². The average molecular weight is 371 g/mol. The lowest BCUT2D eigenvalue weighted by molar-refractivity contribution is 0.0973. The zero-order chi connectivity index (χ0) is 19.1. The average Bonchev–Trinajstić information content (AvgIpc) is 2.58. The Morgan fingerprint density at radius 2 is 1.88 bits per heavy atom. The maximum Gasteiger partial charge on any atom is 0.261 e. The third kappa shape index (κ3) is 5.85. The molecule has 5 heteroatoms. The monoisotopic (exact) mass is 370 g/mol.